The van der Waals surface area contributed by atoms with Gasteiger partial charge in [-0.25, -0.2) is 20.4 Å². The van der Waals surface area contributed by atoms with Gasteiger partial charge in [-0.15, -0.1) is 0 Å². The van der Waals surface area contributed by atoms with Crippen molar-refractivity contribution in [2.75, 3.05) is 0 Å². The molecule has 0 bridgehead atoms. The molecule has 0 unspecified atom stereocenters. The molecule has 0 atom stereocenters. The molecule has 0 radical (unpaired) electrons. The van der Waals surface area contributed by atoms with Gasteiger partial charge in [0.1, 0.15) is 0 Å². The van der Waals surface area contributed by atoms with Crippen LogP contribution in [0.5, 0.6) is 0 Å². The zero-order valence-corrected chi connectivity index (χ0v) is 11.8. The lowest BCUT2D eigenvalue weighted by Gasteiger charge is -2.21. The molecule has 0 rings (SSSR count). The molecular weight excluding hydrogens is 232 g/mol. The van der Waals surface area contributed by atoms with Gasteiger partial charge >= 0.3 is 0 Å². The average Bonchev–Trinajstić information content (AvgIpc) is 2.12. The number of isocyanates is 2. The summed E-state index contributed by atoms with van der Waals surface area (Å²) >= 11 is 0. The molecule has 18 heavy (non-hydrogen) atoms. The van der Waals surface area contributed by atoms with Gasteiger partial charge in [-0.2, -0.15) is 0 Å². The lowest BCUT2D eigenvalue weighted by Crippen LogP contribution is -2.33. The molecular formula is C12H26N4O2. The molecule has 0 aromatic heterocycles. The second kappa shape index (κ2) is 12.1. The topological polar surface area (TPSA) is 134 Å². The van der Waals surface area contributed by atoms with E-state index in [0.717, 1.165) is 25.0 Å². The van der Waals surface area contributed by atoms with Crippen LogP contribution >= 0.6 is 0 Å². The summed E-state index contributed by atoms with van der Waals surface area (Å²) in [6.07, 6.45) is 6.04. The van der Waals surface area contributed by atoms with E-state index >= 15 is 0 Å². The van der Waals surface area contributed by atoms with Crippen LogP contribution in [0.15, 0.2) is 0 Å². The predicted molar refractivity (Wildman–Crippen MR) is 71.8 cm³/mol. The van der Waals surface area contributed by atoms with E-state index < -0.39 is 0 Å². The van der Waals surface area contributed by atoms with Gasteiger partial charge in [-0.1, -0.05) is 12.8 Å². The van der Waals surface area contributed by atoms with Crippen molar-refractivity contribution in [3.05, 3.63) is 0 Å². The van der Waals surface area contributed by atoms with E-state index in [-0.39, 0.29) is 11.1 Å². The molecule has 0 aromatic carbocycles. The Balaban J connectivity index is -0.000000315. The fraction of sp³-hybridized carbons (Fsp3) is 0.833. The zero-order valence-electron chi connectivity index (χ0n) is 11.8. The molecule has 6 heteroatoms. The summed E-state index contributed by atoms with van der Waals surface area (Å²) in [4.78, 5) is 16.7. The molecule has 0 aliphatic carbocycles. The summed E-state index contributed by atoms with van der Waals surface area (Å²) < 4.78 is 0. The molecule has 0 fully saturated rings. The SMILES string of the molecule is CC(C)(N)CCCCC(C)(C)N.N=C=O.N=C=O. The number of carbonyl (C=O) groups excluding carboxylic acids is 2. The highest BCUT2D eigenvalue weighted by atomic mass is 16.1. The zero-order chi connectivity index (χ0) is 15.2. The molecule has 0 aliphatic rings. The Morgan fingerprint density at radius 1 is 0.833 bits per heavy atom. The van der Waals surface area contributed by atoms with Crippen molar-refractivity contribution in [1.29, 1.82) is 10.8 Å². The summed E-state index contributed by atoms with van der Waals surface area (Å²) in [6.45, 7) is 8.28. The summed E-state index contributed by atoms with van der Waals surface area (Å²) in [7, 11) is 0. The van der Waals surface area contributed by atoms with Crippen LogP contribution in [0.3, 0.4) is 0 Å². The van der Waals surface area contributed by atoms with Crippen molar-refractivity contribution in [3.8, 4) is 0 Å². The van der Waals surface area contributed by atoms with Crippen molar-refractivity contribution in [3.63, 3.8) is 0 Å². The number of hydrogen-bond donors (Lipinski definition) is 4. The first-order chi connectivity index (χ1) is 8.04. The standard InChI is InChI=1S/C10H24N2.2CHNO/c1-9(2,11)7-5-6-8-10(3,4)12;2*2-1-3/h5-8,11-12H2,1-4H3;2*2H. The van der Waals surface area contributed by atoms with E-state index in [1.807, 2.05) is 0 Å². The summed E-state index contributed by atoms with van der Waals surface area (Å²) in [5.74, 6) is 0. The van der Waals surface area contributed by atoms with Gasteiger partial charge in [-0.3, -0.25) is 0 Å². The van der Waals surface area contributed by atoms with Crippen LogP contribution in [0, 0.1) is 10.8 Å². The molecule has 0 heterocycles. The highest BCUT2D eigenvalue weighted by molar-refractivity contribution is 5.26. The minimum Gasteiger partial charge on any atom is -0.326 e. The van der Waals surface area contributed by atoms with Gasteiger partial charge < -0.3 is 11.5 Å². The Morgan fingerprint density at radius 2 is 1.00 bits per heavy atom. The molecule has 0 aromatic rings. The molecule has 0 saturated heterocycles. The third-order valence-electron chi connectivity index (χ3n) is 1.89. The third-order valence-corrected chi connectivity index (χ3v) is 1.89. The van der Waals surface area contributed by atoms with Crippen LogP contribution < -0.4 is 11.5 Å². The van der Waals surface area contributed by atoms with Crippen molar-refractivity contribution in [2.45, 2.75) is 64.5 Å². The lowest BCUT2D eigenvalue weighted by atomic mass is 9.93. The number of nitrogens with one attached hydrogen (secondary N) is 2. The van der Waals surface area contributed by atoms with Gasteiger partial charge in [0.2, 0.25) is 12.2 Å². The van der Waals surface area contributed by atoms with Crippen LogP contribution in [0.2, 0.25) is 0 Å². The van der Waals surface area contributed by atoms with Crippen LogP contribution in [0.4, 0.5) is 0 Å². The Kier molecular flexibility index (Phi) is 14.8. The van der Waals surface area contributed by atoms with Gasteiger partial charge in [0.05, 0.1) is 0 Å². The first-order valence-corrected chi connectivity index (χ1v) is 5.69. The Morgan fingerprint density at radius 3 is 1.11 bits per heavy atom. The minimum absolute atomic E-state index is 0.0151. The number of rotatable bonds is 5. The first-order valence-electron chi connectivity index (χ1n) is 5.69. The summed E-state index contributed by atoms with van der Waals surface area (Å²) in [5, 5.41) is 10.8. The minimum atomic E-state index is -0.0151. The highest BCUT2D eigenvalue weighted by Gasteiger charge is 2.12. The van der Waals surface area contributed by atoms with Gasteiger partial charge in [0.15, 0.2) is 0 Å². The Bertz CT molecular complexity index is 224. The molecule has 6 N–H and O–H groups in total. The molecule has 0 spiro atoms. The fourth-order valence-electron chi connectivity index (χ4n) is 1.16. The van der Waals surface area contributed by atoms with E-state index in [0.29, 0.717) is 0 Å². The van der Waals surface area contributed by atoms with Crippen LogP contribution in [0.1, 0.15) is 53.4 Å². The smallest absolute Gasteiger partial charge is 0.231 e. The van der Waals surface area contributed by atoms with Crippen LogP contribution in [-0.4, -0.2) is 23.2 Å². The number of nitrogens with two attached hydrogens (primary N) is 2. The third kappa shape index (κ3) is 46.6. The monoisotopic (exact) mass is 258 g/mol. The van der Waals surface area contributed by atoms with Gasteiger partial charge in [0, 0.05) is 11.1 Å². The maximum atomic E-state index is 8.35. The second-order valence-corrected chi connectivity index (χ2v) is 5.39. The average molecular weight is 258 g/mol. The molecule has 6 nitrogen and oxygen atoms in total. The van der Waals surface area contributed by atoms with E-state index in [4.69, 9.17) is 31.9 Å². The van der Waals surface area contributed by atoms with Crippen molar-refractivity contribution in [2.24, 2.45) is 11.5 Å². The Hall–Kier alpha value is -1.32. The largest absolute Gasteiger partial charge is 0.326 e. The summed E-state index contributed by atoms with van der Waals surface area (Å²) in [5.41, 5.74) is 11.7. The fourth-order valence-corrected chi connectivity index (χ4v) is 1.16. The van der Waals surface area contributed by atoms with Crippen molar-refractivity contribution in [1.82, 2.24) is 0 Å². The highest BCUT2D eigenvalue weighted by Crippen LogP contribution is 2.14. The van der Waals surface area contributed by atoms with E-state index in [1.165, 1.54) is 12.8 Å². The normalized spacial score (nSPS) is 9.89. The van der Waals surface area contributed by atoms with Crippen molar-refractivity contribution >= 4 is 12.2 Å². The van der Waals surface area contributed by atoms with Crippen LogP contribution in [-0.2, 0) is 9.59 Å². The summed E-state index contributed by atoms with van der Waals surface area (Å²) in [6, 6.07) is 0. The predicted octanol–water partition coefficient (Wildman–Crippen LogP) is 1.82. The second-order valence-electron chi connectivity index (χ2n) is 5.39. The Labute approximate surface area is 109 Å². The first kappa shape index (κ1) is 21.9. The maximum Gasteiger partial charge on any atom is 0.231 e. The molecule has 106 valence electrons. The molecule has 0 amide bonds. The molecule has 0 aliphatic heterocycles. The van der Waals surface area contributed by atoms with Gasteiger partial charge in [-0.05, 0) is 40.5 Å². The maximum absolute atomic E-state index is 8.35. The van der Waals surface area contributed by atoms with Crippen LogP contribution in [0.25, 0.3) is 0 Å². The van der Waals surface area contributed by atoms with E-state index in [9.17, 15) is 0 Å². The molecule has 0 saturated carbocycles. The lowest BCUT2D eigenvalue weighted by molar-refractivity contribution is 0.403. The quantitative estimate of drug-likeness (QED) is 0.340. The van der Waals surface area contributed by atoms with Gasteiger partial charge in [0.25, 0.3) is 0 Å². The number of hydrogen-bond acceptors (Lipinski definition) is 6. The van der Waals surface area contributed by atoms with E-state index in [1.54, 1.807) is 0 Å². The van der Waals surface area contributed by atoms with Crippen molar-refractivity contribution < 1.29 is 9.59 Å². The number of unbranched alkanes of at least 4 members (excludes halogenated alkanes) is 1. The van der Waals surface area contributed by atoms with E-state index in [2.05, 4.69) is 27.7 Å².